The third kappa shape index (κ3) is 3.53. The summed E-state index contributed by atoms with van der Waals surface area (Å²) in [7, 11) is 0. The maximum atomic E-state index is 11.1. The van der Waals surface area contributed by atoms with Crippen molar-refractivity contribution in [2.75, 3.05) is 13.1 Å². The summed E-state index contributed by atoms with van der Waals surface area (Å²) in [5.41, 5.74) is 5.98. The minimum Gasteiger partial charge on any atom is -0.327 e. The van der Waals surface area contributed by atoms with E-state index in [0.29, 0.717) is 18.0 Å². The van der Waals surface area contributed by atoms with Crippen molar-refractivity contribution in [2.24, 2.45) is 11.7 Å². The van der Waals surface area contributed by atoms with E-state index in [1.165, 1.54) is 12.1 Å². The number of nitro groups is 2. The zero-order valence-corrected chi connectivity index (χ0v) is 11.8. The van der Waals surface area contributed by atoms with Crippen LogP contribution < -0.4 is 5.73 Å². The smallest absolute Gasteiger partial charge is 0.280 e. The number of likely N-dealkylation sites (tertiary alicyclic amines) is 1. The Labute approximate surface area is 121 Å². The number of piperidine rings is 1. The molecular formula is C13H18N4O4. The van der Waals surface area contributed by atoms with Crippen LogP contribution in [0.1, 0.15) is 18.9 Å². The van der Waals surface area contributed by atoms with Crippen molar-refractivity contribution in [3.8, 4) is 0 Å². The van der Waals surface area contributed by atoms with Crippen molar-refractivity contribution in [2.45, 2.75) is 25.9 Å². The fourth-order valence-corrected chi connectivity index (χ4v) is 2.60. The highest BCUT2D eigenvalue weighted by Gasteiger charge is 2.26. The van der Waals surface area contributed by atoms with Gasteiger partial charge in [0.2, 0.25) is 0 Å². The van der Waals surface area contributed by atoms with E-state index in [1.807, 2.05) is 0 Å². The number of hydrogen-bond acceptors (Lipinski definition) is 6. The Morgan fingerprint density at radius 3 is 2.62 bits per heavy atom. The van der Waals surface area contributed by atoms with Crippen LogP contribution in [0.2, 0.25) is 0 Å². The lowest BCUT2D eigenvalue weighted by atomic mass is 9.94. The molecule has 1 fully saturated rings. The quantitative estimate of drug-likeness (QED) is 0.667. The molecule has 1 heterocycles. The Morgan fingerprint density at radius 1 is 1.33 bits per heavy atom. The number of non-ortho nitro benzene ring substituents is 1. The van der Waals surface area contributed by atoms with Crippen LogP contribution in [0.15, 0.2) is 18.2 Å². The lowest BCUT2D eigenvalue weighted by Gasteiger charge is -2.34. The average Bonchev–Trinajstić information content (AvgIpc) is 2.43. The molecule has 0 amide bonds. The first-order valence-electron chi connectivity index (χ1n) is 6.78. The van der Waals surface area contributed by atoms with Gasteiger partial charge in [-0.05, 0) is 24.9 Å². The van der Waals surface area contributed by atoms with Crippen LogP contribution in [-0.2, 0) is 6.54 Å². The number of rotatable bonds is 4. The van der Waals surface area contributed by atoms with Crippen molar-refractivity contribution in [1.82, 2.24) is 4.90 Å². The van der Waals surface area contributed by atoms with Gasteiger partial charge in [-0.1, -0.05) is 6.92 Å². The summed E-state index contributed by atoms with van der Waals surface area (Å²) in [5.74, 6) is 0.329. The van der Waals surface area contributed by atoms with Gasteiger partial charge in [-0.2, -0.15) is 0 Å². The van der Waals surface area contributed by atoms with E-state index in [9.17, 15) is 20.2 Å². The molecule has 1 aliphatic rings. The summed E-state index contributed by atoms with van der Waals surface area (Å²) in [6.07, 6.45) is 0.849. The van der Waals surface area contributed by atoms with Gasteiger partial charge in [-0.3, -0.25) is 25.1 Å². The van der Waals surface area contributed by atoms with E-state index < -0.39 is 9.85 Å². The van der Waals surface area contributed by atoms with Crippen LogP contribution >= 0.6 is 0 Å². The van der Waals surface area contributed by atoms with Gasteiger partial charge in [0, 0.05) is 30.8 Å². The normalized spacial score (nSPS) is 23.0. The Bertz CT molecular complexity index is 563. The summed E-state index contributed by atoms with van der Waals surface area (Å²) in [4.78, 5) is 22.7. The Balaban J connectivity index is 2.19. The zero-order valence-electron chi connectivity index (χ0n) is 11.8. The van der Waals surface area contributed by atoms with Crippen molar-refractivity contribution < 1.29 is 9.85 Å². The summed E-state index contributed by atoms with van der Waals surface area (Å²) >= 11 is 0. The molecule has 2 atom stereocenters. The SMILES string of the molecule is CC1CN(Cc2ccc([N+](=O)[O-])cc2[N+](=O)[O-])CCC1N. The van der Waals surface area contributed by atoms with Gasteiger partial charge in [-0.15, -0.1) is 0 Å². The Morgan fingerprint density at radius 2 is 2.05 bits per heavy atom. The van der Waals surface area contributed by atoms with Crippen molar-refractivity contribution >= 4 is 11.4 Å². The molecular weight excluding hydrogens is 276 g/mol. The fraction of sp³-hybridized carbons (Fsp3) is 0.538. The highest BCUT2D eigenvalue weighted by atomic mass is 16.6. The summed E-state index contributed by atoms with van der Waals surface area (Å²) in [6, 6.07) is 3.96. The second-order valence-electron chi connectivity index (χ2n) is 5.49. The fourth-order valence-electron chi connectivity index (χ4n) is 2.60. The first-order valence-corrected chi connectivity index (χ1v) is 6.78. The predicted molar refractivity (Wildman–Crippen MR) is 76.8 cm³/mol. The Hall–Kier alpha value is -2.06. The van der Waals surface area contributed by atoms with Crippen LogP contribution in [0.4, 0.5) is 11.4 Å². The highest BCUT2D eigenvalue weighted by molar-refractivity contribution is 5.49. The third-order valence-corrected chi connectivity index (χ3v) is 3.93. The van der Waals surface area contributed by atoms with E-state index in [2.05, 4.69) is 11.8 Å². The largest absolute Gasteiger partial charge is 0.327 e. The van der Waals surface area contributed by atoms with E-state index in [1.54, 1.807) is 0 Å². The molecule has 1 saturated heterocycles. The number of nitrogens with zero attached hydrogens (tertiary/aromatic N) is 3. The van der Waals surface area contributed by atoms with E-state index in [0.717, 1.165) is 25.6 Å². The molecule has 0 radical (unpaired) electrons. The minimum atomic E-state index is -0.626. The van der Waals surface area contributed by atoms with Crippen LogP contribution in [0.3, 0.4) is 0 Å². The van der Waals surface area contributed by atoms with E-state index in [4.69, 9.17) is 5.73 Å². The van der Waals surface area contributed by atoms with Crippen LogP contribution in [0.5, 0.6) is 0 Å². The molecule has 0 aliphatic carbocycles. The third-order valence-electron chi connectivity index (χ3n) is 3.93. The molecule has 1 aliphatic heterocycles. The monoisotopic (exact) mass is 294 g/mol. The number of hydrogen-bond donors (Lipinski definition) is 1. The topological polar surface area (TPSA) is 116 Å². The molecule has 2 rings (SSSR count). The molecule has 0 bridgehead atoms. The summed E-state index contributed by atoms with van der Waals surface area (Å²) in [5, 5.41) is 21.8. The van der Waals surface area contributed by atoms with Gasteiger partial charge >= 0.3 is 0 Å². The molecule has 1 aromatic rings. The molecule has 114 valence electrons. The molecule has 0 aromatic heterocycles. The summed E-state index contributed by atoms with van der Waals surface area (Å²) in [6.45, 7) is 4.02. The minimum absolute atomic E-state index is 0.160. The van der Waals surface area contributed by atoms with Gasteiger partial charge in [0.1, 0.15) is 0 Å². The second-order valence-corrected chi connectivity index (χ2v) is 5.49. The predicted octanol–water partition coefficient (Wildman–Crippen LogP) is 1.67. The van der Waals surface area contributed by atoms with Gasteiger partial charge in [-0.25, -0.2) is 0 Å². The van der Waals surface area contributed by atoms with Crippen LogP contribution in [-0.4, -0.2) is 33.9 Å². The first kappa shape index (κ1) is 15.3. The van der Waals surface area contributed by atoms with Gasteiger partial charge in [0.15, 0.2) is 0 Å². The molecule has 0 spiro atoms. The maximum absolute atomic E-state index is 11.1. The summed E-state index contributed by atoms with van der Waals surface area (Å²) < 4.78 is 0. The molecule has 1 aromatic carbocycles. The number of nitro benzene ring substituents is 2. The molecule has 0 saturated carbocycles. The van der Waals surface area contributed by atoms with Gasteiger partial charge in [0.05, 0.1) is 15.9 Å². The van der Waals surface area contributed by atoms with Gasteiger partial charge in [0.25, 0.3) is 11.4 Å². The van der Waals surface area contributed by atoms with E-state index >= 15 is 0 Å². The van der Waals surface area contributed by atoms with Crippen LogP contribution in [0.25, 0.3) is 0 Å². The maximum Gasteiger partial charge on any atom is 0.280 e. The lowest BCUT2D eigenvalue weighted by Crippen LogP contribution is -2.45. The lowest BCUT2D eigenvalue weighted by molar-refractivity contribution is -0.394. The second kappa shape index (κ2) is 6.15. The molecule has 21 heavy (non-hydrogen) atoms. The van der Waals surface area contributed by atoms with Crippen molar-refractivity contribution in [3.05, 3.63) is 44.0 Å². The van der Waals surface area contributed by atoms with E-state index in [-0.39, 0.29) is 17.4 Å². The first-order chi connectivity index (χ1) is 9.88. The van der Waals surface area contributed by atoms with Gasteiger partial charge < -0.3 is 5.73 Å². The molecule has 2 N–H and O–H groups in total. The molecule has 8 nitrogen and oxygen atoms in total. The van der Waals surface area contributed by atoms with Crippen molar-refractivity contribution in [3.63, 3.8) is 0 Å². The average molecular weight is 294 g/mol. The van der Waals surface area contributed by atoms with Crippen LogP contribution in [0, 0.1) is 26.1 Å². The zero-order chi connectivity index (χ0) is 15.6. The number of nitrogens with two attached hydrogens (primary N) is 1. The number of benzene rings is 1. The standard InChI is InChI=1S/C13H18N4O4/c1-9-7-15(5-4-12(9)14)8-10-2-3-11(16(18)19)6-13(10)17(20)21/h2-3,6,9,12H,4-5,7-8,14H2,1H3. The molecule has 8 heteroatoms. The van der Waals surface area contributed by atoms with Crippen molar-refractivity contribution in [1.29, 1.82) is 0 Å². The highest BCUT2D eigenvalue weighted by Crippen LogP contribution is 2.27. The Kier molecular flexibility index (Phi) is 4.49. The molecule has 2 unspecified atom stereocenters.